The molecule has 2 aromatic rings. The van der Waals surface area contributed by atoms with E-state index in [0.29, 0.717) is 18.7 Å². The van der Waals surface area contributed by atoms with Crippen LogP contribution in [0, 0.1) is 6.92 Å². The van der Waals surface area contributed by atoms with Gasteiger partial charge in [-0.1, -0.05) is 0 Å². The standard InChI is InChI=1S/C13H15N5O3/c1-8-5-6-14-13-15-10(16-18(8)13)11(19)17-7-3-2-4-9(17)12(20)21/h5-6,9H,2-4,7H2,1H3,(H,20,21). The zero-order chi connectivity index (χ0) is 15.0. The average molecular weight is 289 g/mol. The molecule has 1 fully saturated rings. The monoisotopic (exact) mass is 289 g/mol. The smallest absolute Gasteiger partial charge is 0.326 e. The molecule has 8 heteroatoms. The highest BCUT2D eigenvalue weighted by atomic mass is 16.4. The van der Waals surface area contributed by atoms with Gasteiger partial charge in [0.1, 0.15) is 6.04 Å². The van der Waals surface area contributed by atoms with E-state index < -0.39 is 17.9 Å². The Balaban J connectivity index is 1.95. The van der Waals surface area contributed by atoms with Gasteiger partial charge in [0.05, 0.1) is 0 Å². The lowest BCUT2D eigenvalue weighted by Gasteiger charge is -2.31. The van der Waals surface area contributed by atoms with Crippen molar-refractivity contribution in [2.24, 2.45) is 0 Å². The van der Waals surface area contributed by atoms with Crippen LogP contribution >= 0.6 is 0 Å². The third-order valence-corrected chi connectivity index (χ3v) is 3.67. The summed E-state index contributed by atoms with van der Waals surface area (Å²) >= 11 is 0. The van der Waals surface area contributed by atoms with Crippen molar-refractivity contribution in [3.63, 3.8) is 0 Å². The van der Waals surface area contributed by atoms with E-state index in [9.17, 15) is 14.7 Å². The molecule has 1 saturated heterocycles. The van der Waals surface area contributed by atoms with E-state index in [-0.39, 0.29) is 5.82 Å². The summed E-state index contributed by atoms with van der Waals surface area (Å²) in [6.45, 7) is 2.25. The Hall–Kier alpha value is -2.51. The number of hydrogen-bond donors (Lipinski definition) is 1. The number of piperidine rings is 1. The molecule has 1 aliphatic heterocycles. The zero-order valence-corrected chi connectivity index (χ0v) is 11.6. The number of hydrogen-bond acceptors (Lipinski definition) is 5. The van der Waals surface area contributed by atoms with Crippen molar-refractivity contribution in [1.29, 1.82) is 0 Å². The van der Waals surface area contributed by atoms with Crippen molar-refractivity contribution in [3.8, 4) is 0 Å². The van der Waals surface area contributed by atoms with Crippen molar-refractivity contribution in [2.45, 2.75) is 32.2 Å². The summed E-state index contributed by atoms with van der Waals surface area (Å²) in [5.41, 5.74) is 0.806. The van der Waals surface area contributed by atoms with E-state index >= 15 is 0 Å². The van der Waals surface area contributed by atoms with Gasteiger partial charge in [-0.15, -0.1) is 5.10 Å². The number of amides is 1. The fourth-order valence-corrected chi connectivity index (χ4v) is 2.56. The maximum Gasteiger partial charge on any atom is 0.326 e. The van der Waals surface area contributed by atoms with Crippen molar-refractivity contribution in [1.82, 2.24) is 24.5 Å². The molecule has 1 amide bonds. The van der Waals surface area contributed by atoms with Gasteiger partial charge >= 0.3 is 5.97 Å². The number of aromatic nitrogens is 4. The van der Waals surface area contributed by atoms with Gasteiger partial charge in [0.25, 0.3) is 11.7 Å². The molecule has 0 aromatic carbocycles. The van der Waals surface area contributed by atoms with Crippen LogP contribution in [0.25, 0.3) is 5.78 Å². The minimum Gasteiger partial charge on any atom is -0.480 e. The number of fused-ring (bicyclic) bond motifs is 1. The number of aliphatic carboxylic acids is 1. The summed E-state index contributed by atoms with van der Waals surface area (Å²) in [5, 5.41) is 13.4. The lowest BCUT2D eigenvalue weighted by atomic mass is 10.0. The van der Waals surface area contributed by atoms with Crippen LogP contribution in [0.15, 0.2) is 12.3 Å². The molecule has 1 aliphatic rings. The molecular formula is C13H15N5O3. The van der Waals surface area contributed by atoms with Crippen LogP contribution in [0.1, 0.15) is 35.6 Å². The largest absolute Gasteiger partial charge is 0.480 e. The van der Waals surface area contributed by atoms with Crippen LogP contribution < -0.4 is 0 Å². The highest BCUT2D eigenvalue weighted by molar-refractivity contribution is 5.94. The van der Waals surface area contributed by atoms with Gasteiger partial charge < -0.3 is 10.0 Å². The van der Waals surface area contributed by atoms with Crippen molar-refractivity contribution < 1.29 is 14.7 Å². The van der Waals surface area contributed by atoms with Crippen LogP contribution in [-0.2, 0) is 4.79 Å². The van der Waals surface area contributed by atoms with Crippen molar-refractivity contribution >= 4 is 17.7 Å². The number of carbonyl (C=O) groups is 2. The predicted octanol–water partition coefficient (Wildman–Crippen LogP) is 0.512. The fourth-order valence-electron chi connectivity index (χ4n) is 2.56. The second kappa shape index (κ2) is 5.12. The van der Waals surface area contributed by atoms with Crippen LogP contribution in [0.2, 0.25) is 0 Å². The summed E-state index contributed by atoms with van der Waals surface area (Å²) in [4.78, 5) is 33.3. The summed E-state index contributed by atoms with van der Waals surface area (Å²) in [6.07, 6.45) is 3.65. The van der Waals surface area contributed by atoms with Crippen molar-refractivity contribution in [2.75, 3.05) is 6.54 Å². The Morgan fingerprint density at radius 3 is 2.90 bits per heavy atom. The quantitative estimate of drug-likeness (QED) is 0.864. The van der Waals surface area contributed by atoms with Gasteiger partial charge in [-0.2, -0.15) is 4.98 Å². The molecule has 0 saturated carbocycles. The number of carboxylic acid groups (broad SMARTS) is 1. The number of rotatable bonds is 2. The first-order valence-electron chi connectivity index (χ1n) is 6.80. The van der Waals surface area contributed by atoms with Gasteiger partial charge in [0, 0.05) is 18.4 Å². The molecule has 110 valence electrons. The van der Waals surface area contributed by atoms with E-state index in [1.807, 2.05) is 6.92 Å². The molecule has 8 nitrogen and oxygen atoms in total. The second-order valence-electron chi connectivity index (χ2n) is 5.08. The van der Waals surface area contributed by atoms with Gasteiger partial charge in [-0.05, 0) is 32.3 Å². The molecule has 0 radical (unpaired) electrons. The molecule has 21 heavy (non-hydrogen) atoms. The van der Waals surface area contributed by atoms with Gasteiger partial charge in [0.15, 0.2) is 0 Å². The highest BCUT2D eigenvalue weighted by Crippen LogP contribution is 2.19. The van der Waals surface area contributed by atoms with Crippen molar-refractivity contribution in [3.05, 3.63) is 23.8 Å². The highest BCUT2D eigenvalue weighted by Gasteiger charge is 2.34. The predicted molar refractivity (Wildman–Crippen MR) is 71.8 cm³/mol. The Bertz CT molecular complexity index is 711. The average Bonchev–Trinajstić information content (AvgIpc) is 2.92. The minimum absolute atomic E-state index is 0.00931. The van der Waals surface area contributed by atoms with E-state index in [0.717, 1.165) is 18.5 Å². The summed E-state index contributed by atoms with van der Waals surface area (Å²) in [5.74, 6) is -1.11. The number of likely N-dealkylation sites (tertiary alicyclic amines) is 1. The summed E-state index contributed by atoms with van der Waals surface area (Å²) in [6, 6.07) is 0.962. The first kappa shape index (κ1) is 13.5. The van der Waals surface area contributed by atoms with E-state index in [4.69, 9.17) is 0 Å². The van der Waals surface area contributed by atoms with E-state index in [1.54, 1.807) is 12.3 Å². The van der Waals surface area contributed by atoms with E-state index in [1.165, 1.54) is 9.42 Å². The Morgan fingerprint density at radius 1 is 1.38 bits per heavy atom. The summed E-state index contributed by atoms with van der Waals surface area (Å²) in [7, 11) is 0. The number of nitrogens with zero attached hydrogens (tertiary/aromatic N) is 5. The van der Waals surface area contributed by atoms with Gasteiger partial charge in [-0.3, -0.25) is 4.79 Å². The lowest BCUT2D eigenvalue weighted by Crippen LogP contribution is -2.48. The third kappa shape index (κ3) is 2.32. The second-order valence-corrected chi connectivity index (χ2v) is 5.08. The molecule has 0 bridgehead atoms. The first-order chi connectivity index (χ1) is 10.1. The fraction of sp³-hybridized carbons (Fsp3) is 0.462. The van der Waals surface area contributed by atoms with Crippen LogP contribution in [0.3, 0.4) is 0 Å². The molecule has 3 rings (SSSR count). The molecule has 0 aliphatic carbocycles. The van der Waals surface area contributed by atoms with Crippen LogP contribution in [0.5, 0.6) is 0 Å². The molecule has 1 unspecified atom stereocenters. The molecule has 2 aromatic heterocycles. The van der Waals surface area contributed by atoms with Crippen LogP contribution in [0.4, 0.5) is 0 Å². The number of carboxylic acids is 1. The summed E-state index contributed by atoms with van der Waals surface area (Å²) < 4.78 is 1.48. The molecular weight excluding hydrogens is 274 g/mol. The van der Waals surface area contributed by atoms with Gasteiger partial charge in [0.2, 0.25) is 5.82 Å². The Kier molecular flexibility index (Phi) is 3.28. The molecule has 3 heterocycles. The molecule has 1 atom stereocenters. The Morgan fingerprint density at radius 2 is 2.19 bits per heavy atom. The van der Waals surface area contributed by atoms with Gasteiger partial charge in [-0.25, -0.2) is 14.3 Å². The van der Waals surface area contributed by atoms with Crippen LogP contribution in [-0.4, -0.2) is 54.1 Å². The maximum atomic E-state index is 12.5. The maximum absolute atomic E-state index is 12.5. The topological polar surface area (TPSA) is 101 Å². The third-order valence-electron chi connectivity index (χ3n) is 3.67. The lowest BCUT2D eigenvalue weighted by molar-refractivity contribution is -0.143. The Labute approximate surface area is 120 Å². The molecule has 1 N–H and O–H groups in total. The molecule has 0 spiro atoms. The number of carbonyl (C=O) groups excluding carboxylic acids is 1. The first-order valence-corrected chi connectivity index (χ1v) is 6.80. The normalized spacial score (nSPS) is 18.9. The number of aryl methyl sites for hydroxylation is 1. The zero-order valence-electron chi connectivity index (χ0n) is 11.6. The minimum atomic E-state index is -0.985. The van der Waals surface area contributed by atoms with E-state index in [2.05, 4.69) is 15.1 Å². The SMILES string of the molecule is Cc1ccnc2nc(C(=O)N3CCCCC3C(=O)O)nn12.